The fourth-order valence-corrected chi connectivity index (χ4v) is 3.63. The topological polar surface area (TPSA) is 66.4 Å². The number of amides is 1. The molecule has 2 aliphatic carbocycles. The highest BCUT2D eigenvalue weighted by atomic mass is 127. The van der Waals surface area contributed by atoms with Crippen LogP contribution in [0.4, 0.5) is 5.69 Å². The van der Waals surface area contributed by atoms with Gasteiger partial charge in [-0.1, -0.05) is 12.2 Å². The molecule has 1 aromatic rings. The largest absolute Gasteiger partial charge is 0.481 e. The Labute approximate surface area is 130 Å². The Balaban J connectivity index is 1.78. The van der Waals surface area contributed by atoms with Crippen molar-refractivity contribution >= 4 is 40.2 Å². The Morgan fingerprint density at radius 1 is 1.10 bits per heavy atom. The Kier molecular flexibility index (Phi) is 3.54. The number of rotatable bonds is 3. The van der Waals surface area contributed by atoms with E-state index in [0.717, 1.165) is 9.99 Å². The summed E-state index contributed by atoms with van der Waals surface area (Å²) >= 11 is 2.20. The van der Waals surface area contributed by atoms with Crippen LogP contribution in [0.1, 0.15) is 6.42 Å². The maximum absolute atomic E-state index is 12.4. The van der Waals surface area contributed by atoms with Crippen molar-refractivity contribution in [3.63, 3.8) is 0 Å². The number of nitrogens with one attached hydrogen (secondary N) is 1. The SMILES string of the molecule is O=C(O)[C@@H]1C2C=CC(C2)[C@@H]1C(=O)Nc1ccc(I)cc1. The van der Waals surface area contributed by atoms with Gasteiger partial charge in [0.2, 0.25) is 5.91 Å². The van der Waals surface area contributed by atoms with Gasteiger partial charge in [-0.05, 0) is 65.1 Å². The van der Waals surface area contributed by atoms with Crippen molar-refractivity contribution in [3.8, 4) is 0 Å². The Morgan fingerprint density at radius 3 is 2.30 bits per heavy atom. The lowest BCUT2D eigenvalue weighted by atomic mass is 9.82. The number of aliphatic carboxylic acids is 1. The number of carbonyl (C=O) groups excluding carboxylic acids is 1. The van der Waals surface area contributed by atoms with Crippen LogP contribution >= 0.6 is 22.6 Å². The van der Waals surface area contributed by atoms with Crippen LogP contribution in [0.2, 0.25) is 0 Å². The van der Waals surface area contributed by atoms with Crippen molar-refractivity contribution in [2.45, 2.75) is 6.42 Å². The molecular formula is C15H14INO3. The molecule has 0 spiro atoms. The van der Waals surface area contributed by atoms with Crippen molar-refractivity contribution in [2.75, 3.05) is 5.32 Å². The number of carboxylic acids is 1. The average Bonchev–Trinajstić information content (AvgIpc) is 3.01. The minimum absolute atomic E-state index is 0.00460. The van der Waals surface area contributed by atoms with Crippen LogP contribution < -0.4 is 5.32 Å². The first kappa shape index (κ1) is 13.6. The molecule has 1 amide bonds. The first-order valence-corrected chi connectivity index (χ1v) is 7.61. The summed E-state index contributed by atoms with van der Waals surface area (Å²) in [6, 6.07) is 7.48. The van der Waals surface area contributed by atoms with E-state index in [-0.39, 0.29) is 17.7 Å². The number of halogens is 1. The lowest BCUT2D eigenvalue weighted by molar-refractivity contribution is -0.146. The Bertz CT molecular complexity index is 581. The van der Waals surface area contributed by atoms with E-state index < -0.39 is 17.8 Å². The quantitative estimate of drug-likeness (QED) is 0.623. The van der Waals surface area contributed by atoms with E-state index in [4.69, 9.17) is 0 Å². The third-order valence-electron chi connectivity index (χ3n) is 4.16. The van der Waals surface area contributed by atoms with Crippen molar-refractivity contribution in [2.24, 2.45) is 23.7 Å². The van der Waals surface area contributed by atoms with Crippen LogP contribution in [0, 0.1) is 27.2 Å². The number of benzene rings is 1. The van der Waals surface area contributed by atoms with E-state index in [2.05, 4.69) is 27.9 Å². The highest BCUT2D eigenvalue weighted by Gasteiger charge is 2.51. The second kappa shape index (κ2) is 5.20. The number of anilines is 1. The zero-order valence-electron chi connectivity index (χ0n) is 10.6. The van der Waals surface area contributed by atoms with Gasteiger partial charge in [0.05, 0.1) is 11.8 Å². The second-order valence-electron chi connectivity index (χ2n) is 5.33. The van der Waals surface area contributed by atoms with Gasteiger partial charge in [0, 0.05) is 9.26 Å². The second-order valence-corrected chi connectivity index (χ2v) is 6.58. The molecule has 2 N–H and O–H groups in total. The molecule has 4 nitrogen and oxygen atoms in total. The summed E-state index contributed by atoms with van der Waals surface area (Å²) in [5.74, 6) is -2.04. The molecule has 0 aliphatic heterocycles. The molecule has 2 aliphatic rings. The van der Waals surface area contributed by atoms with Crippen LogP contribution in [-0.2, 0) is 9.59 Å². The predicted molar refractivity (Wildman–Crippen MR) is 83.1 cm³/mol. The fraction of sp³-hybridized carbons (Fsp3) is 0.333. The van der Waals surface area contributed by atoms with E-state index in [9.17, 15) is 14.7 Å². The summed E-state index contributed by atoms with van der Waals surface area (Å²) in [6.45, 7) is 0. The van der Waals surface area contributed by atoms with E-state index in [1.165, 1.54) is 0 Å². The lowest BCUT2D eigenvalue weighted by Crippen LogP contribution is -2.36. The highest BCUT2D eigenvalue weighted by Crippen LogP contribution is 2.48. The molecule has 1 aromatic carbocycles. The number of carbonyl (C=O) groups is 2. The Hall–Kier alpha value is -1.37. The zero-order valence-corrected chi connectivity index (χ0v) is 12.8. The minimum atomic E-state index is -0.871. The van der Waals surface area contributed by atoms with Crippen molar-refractivity contribution in [1.29, 1.82) is 0 Å². The minimum Gasteiger partial charge on any atom is -0.481 e. The van der Waals surface area contributed by atoms with Crippen molar-refractivity contribution in [1.82, 2.24) is 0 Å². The molecule has 3 rings (SSSR count). The number of fused-ring (bicyclic) bond motifs is 2. The molecule has 2 bridgehead atoms. The molecule has 0 heterocycles. The molecule has 20 heavy (non-hydrogen) atoms. The molecule has 0 aromatic heterocycles. The first-order valence-electron chi connectivity index (χ1n) is 6.54. The van der Waals surface area contributed by atoms with Gasteiger partial charge in [-0.15, -0.1) is 0 Å². The van der Waals surface area contributed by atoms with Gasteiger partial charge in [0.15, 0.2) is 0 Å². The number of hydrogen-bond donors (Lipinski definition) is 2. The van der Waals surface area contributed by atoms with Gasteiger partial charge in [-0.2, -0.15) is 0 Å². The summed E-state index contributed by atoms with van der Waals surface area (Å²) in [6.07, 6.45) is 4.71. The van der Waals surface area contributed by atoms with Crippen LogP contribution in [0.5, 0.6) is 0 Å². The zero-order chi connectivity index (χ0) is 14.3. The van der Waals surface area contributed by atoms with Crippen LogP contribution in [-0.4, -0.2) is 17.0 Å². The molecule has 0 radical (unpaired) electrons. The number of carboxylic acid groups (broad SMARTS) is 1. The molecule has 4 atom stereocenters. The van der Waals surface area contributed by atoms with Gasteiger partial charge in [-0.25, -0.2) is 0 Å². The monoisotopic (exact) mass is 383 g/mol. The van der Waals surface area contributed by atoms with Gasteiger partial charge in [-0.3, -0.25) is 9.59 Å². The molecule has 2 unspecified atom stereocenters. The number of hydrogen-bond acceptors (Lipinski definition) is 2. The Morgan fingerprint density at radius 2 is 1.70 bits per heavy atom. The van der Waals surface area contributed by atoms with Gasteiger partial charge < -0.3 is 10.4 Å². The fourth-order valence-electron chi connectivity index (χ4n) is 3.28. The molecule has 104 valence electrons. The molecular weight excluding hydrogens is 369 g/mol. The molecule has 5 heteroatoms. The van der Waals surface area contributed by atoms with E-state index in [1.807, 2.05) is 36.4 Å². The predicted octanol–water partition coefficient (Wildman–Crippen LogP) is 2.75. The smallest absolute Gasteiger partial charge is 0.307 e. The normalized spacial score (nSPS) is 30.4. The highest BCUT2D eigenvalue weighted by molar-refractivity contribution is 14.1. The summed E-state index contributed by atoms with van der Waals surface area (Å²) in [5.41, 5.74) is 0.714. The first-order chi connectivity index (χ1) is 9.56. The lowest BCUT2D eigenvalue weighted by Gasteiger charge is -2.23. The van der Waals surface area contributed by atoms with E-state index in [0.29, 0.717) is 5.69 Å². The van der Waals surface area contributed by atoms with E-state index >= 15 is 0 Å². The van der Waals surface area contributed by atoms with E-state index in [1.54, 1.807) is 0 Å². The van der Waals surface area contributed by atoms with Crippen molar-refractivity contribution in [3.05, 3.63) is 40.0 Å². The number of allylic oxidation sites excluding steroid dienone is 2. The maximum atomic E-state index is 12.4. The summed E-state index contributed by atoms with van der Waals surface area (Å²) < 4.78 is 1.09. The van der Waals surface area contributed by atoms with Crippen LogP contribution in [0.15, 0.2) is 36.4 Å². The summed E-state index contributed by atoms with van der Waals surface area (Å²) in [4.78, 5) is 23.8. The summed E-state index contributed by atoms with van der Waals surface area (Å²) in [7, 11) is 0. The maximum Gasteiger partial charge on any atom is 0.307 e. The molecule has 1 fully saturated rings. The van der Waals surface area contributed by atoms with Crippen molar-refractivity contribution < 1.29 is 14.7 Å². The van der Waals surface area contributed by atoms with Gasteiger partial charge in [0.1, 0.15) is 0 Å². The van der Waals surface area contributed by atoms with Crippen LogP contribution in [0.25, 0.3) is 0 Å². The summed E-state index contributed by atoms with van der Waals surface area (Å²) in [5, 5.41) is 12.2. The third-order valence-corrected chi connectivity index (χ3v) is 4.88. The standard InChI is InChI=1S/C15H14INO3/c16-10-3-5-11(6-4-10)17-14(18)12-8-1-2-9(7-8)13(12)15(19)20/h1-6,8-9,12-13H,7H2,(H,17,18)(H,19,20)/t8?,9?,12-,13+/m0/s1. The molecule has 1 saturated carbocycles. The third kappa shape index (κ3) is 2.34. The average molecular weight is 383 g/mol. The van der Waals surface area contributed by atoms with Gasteiger partial charge >= 0.3 is 5.97 Å². The van der Waals surface area contributed by atoms with Crippen LogP contribution in [0.3, 0.4) is 0 Å². The molecule has 0 saturated heterocycles. The van der Waals surface area contributed by atoms with Gasteiger partial charge in [0.25, 0.3) is 0 Å².